The predicted octanol–water partition coefficient (Wildman–Crippen LogP) is 2.76. The van der Waals surface area contributed by atoms with E-state index >= 15 is 0 Å². The van der Waals surface area contributed by atoms with E-state index in [-0.39, 0.29) is 17.2 Å². The van der Waals surface area contributed by atoms with Gasteiger partial charge in [-0.05, 0) is 44.9 Å². The Morgan fingerprint density at radius 3 is 2.65 bits per heavy atom. The average molecular weight is 284 g/mol. The Hall–Kier alpha value is -0.160. The van der Waals surface area contributed by atoms with E-state index in [4.69, 9.17) is 15.3 Å². The normalized spacial score (nSPS) is 30.9. The van der Waals surface area contributed by atoms with Crippen LogP contribution in [0.15, 0.2) is 0 Å². The molecule has 3 N–H and O–H groups in total. The maximum atomic E-state index is 6.20. The summed E-state index contributed by atoms with van der Waals surface area (Å²) in [5.74, 6) is 6.43. The summed E-state index contributed by atoms with van der Waals surface area (Å²) >= 11 is 0. The zero-order valence-corrected chi connectivity index (χ0v) is 13.4. The first-order valence-electron chi connectivity index (χ1n) is 8.24. The number of methoxy groups -OCH3 is 1. The Morgan fingerprint density at radius 1 is 1.40 bits per heavy atom. The third kappa shape index (κ3) is 3.19. The molecule has 1 aliphatic carbocycles. The molecule has 0 amide bonds. The van der Waals surface area contributed by atoms with Gasteiger partial charge in [0, 0.05) is 13.7 Å². The molecule has 1 aliphatic heterocycles. The molecule has 2 fully saturated rings. The molecule has 0 bridgehead atoms. The fourth-order valence-electron chi connectivity index (χ4n) is 4.20. The third-order valence-electron chi connectivity index (χ3n) is 5.77. The van der Waals surface area contributed by atoms with Crippen molar-refractivity contribution in [1.29, 1.82) is 0 Å². The van der Waals surface area contributed by atoms with E-state index in [1.54, 1.807) is 7.11 Å². The molecule has 0 aromatic carbocycles. The second kappa shape index (κ2) is 6.73. The molecule has 3 atom stereocenters. The van der Waals surface area contributed by atoms with Gasteiger partial charge in [-0.1, -0.05) is 26.2 Å². The molecule has 0 aromatic rings. The lowest BCUT2D eigenvalue weighted by molar-refractivity contribution is -0.138. The van der Waals surface area contributed by atoms with Crippen LogP contribution in [0.2, 0.25) is 0 Å². The minimum Gasteiger partial charge on any atom is -0.377 e. The Labute approximate surface area is 123 Å². The van der Waals surface area contributed by atoms with Crippen LogP contribution in [0.3, 0.4) is 0 Å². The summed E-state index contributed by atoms with van der Waals surface area (Å²) in [6.07, 6.45) is 9.58. The van der Waals surface area contributed by atoms with Crippen molar-refractivity contribution in [2.75, 3.05) is 13.7 Å². The zero-order valence-electron chi connectivity index (χ0n) is 13.4. The molecule has 2 rings (SSSR count). The monoisotopic (exact) mass is 284 g/mol. The highest BCUT2D eigenvalue weighted by atomic mass is 16.5. The van der Waals surface area contributed by atoms with Gasteiger partial charge in [-0.15, -0.1) is 0 Å². The zero-order chi connectivity index (χ0) is 14.6. The summed E-state index contributed by atoms with van der Waals surface area (Å²) < 4.78 is 12.0. The first-order valence-corrected chi connectivity index (χ1v) is 8.24. The molecule has 1 heterocycles. The van der Waals surface area contributed by atoms with E-state index in [9.17, 15) is 0 Å². The van der Waals surface area contributed by atoms with E-state index in [0.717, 1.165) is 25.9 Å². The van der Waals surface area contributed by atoms with Crippen molar-refractivity contribution < 1.29 is 9.47 Å². The van der Waals surface area contributed by atoms with Crippen molar-refractivity contribution in [2.45, 2.75) is 82.5 Å². The number of hydrazine groups is 1. The maximum absolute atomic E-state index is 6.20. The van der Waals surface area contributed by atoms with E-state index in [1.165, 1.54) is 32.1 Å². The van der Waals surface area contributed by atoms with Gasteiger partial charge in [0.15, 0.2) is 0 Å². The average Bonchev–Trinajstić information content (AvgIpc) is 2.48. The van der Waals surface area contributed by atoms with Gasteiger partial charge in [0.1, 0.15) is 0 Å². The van der Waals surface area contributed by atoms with Crippen LogP contribution in [0.4, 0.5) is 0 Å². The van der Waals surface area contributed by atoms with Crippen molar-refractivity contribution in [1.82, 2.24) is 5.43 Å². The van der Waals surface area contributed by atoms with Crippen LogP contribution in [0.25, 0.3) is 0 Å². The highest BCUT2D eigenvalue weighted by molar-refractivity contribution is 4.98. The molecule has 20 heavy (non-hydrogen) atoms. The number of hydrogen-bond donors (Lipinski definition) is 2. The summed E-state index contributed by atoms with van der Waals surface area (Å²) in [7, 11) is 1.80. The topological polar surface area (TPSA) is 56.5 Å². The van der Waals surface area contributed by atoms with E-state index in [0.29, 0.717) is 5.92 Å². The van der Waals surface area contributed by atoms with Gasteiger partial charge in [0.05, 0.1) is 17.2 Å². The SMILES string of the molecule is CCC(C)(OC)C(NN)C1CCOC2(CCCCC2)C1. The van der Waals surface area contributed by atoms with Crippen LogP contribution in [0.1, 0.15) is 65.2 Å². The summed E-state index contributed by atoms with van der Waals surface area (Å²) in [6.45, 7) is 5.20. The van der Waals surface area contributed by atoms with Crippen molar-refractivity contribution in [3.05, 3.63) is 0 Å². The molecule has 1 spiro atoms. The Morgan fingerprint density at radius 2 is 2.10 bits per heavy atom. The van der Waals surface area contributed by atoms with Crippen LogP contribution in [-0.4, -0.2) is 31.0 Å². The van der Waals surface area contributed by atoms with Crippen molar-refractivity contribution in [3.63, 3.8) is 0 Å². The Bertz CT molecular complexity index is 293. The summed E-state index contributed by atoms with van der Waals surface area (Å²) in [5, 5.41) is 0. The van der Waals surface area contributed by atoms with E-state index < -0.39 is 0 Å². The number of ether oxygens (including phenoxy) is 2. The largest absolute Gasteiger partial charge is 0.377 e. The molecular formula is C16H32N2O2. The smallest absolute Gasteiger partial charge is 0.0816 e. The molecule has 4 heteroatoms. The maximum Gasteiger partial charge on any atom is 0.0816 e. The standard InChI is InChI=1S/C16H32N2O2/c1-4-15(2,19-3)14(18-17)13-8-11-20-16(12-13)9-6-5-7-10-16/h13-14,18H,4-12,17H2,1-3H3. The molecule has 0 radical (unpaired) electrons. The quantitative estimate of drug-likeness (QED) is 0.602. The predicted molar refractivity (Wildman–Crippen MR) is 81.3 cm³/mol. The van der Waals surface area contributed by atoms with Crippen LogP contribution in [0.5, 0.6) is 0 Å². The van der Waals surface area contributed by atoms with Crippen LogP contribution in [-0.2, 0) is 9.47 Å². The van der Waals surface area contributed by atoms with Gasteiger partial charge in [-0.3, -0.25) is 11.3 Å². The molecule has 4 nitrogen and oxygen atoms in total. The van der Waals surface area contributed by atoms with Gasteiger partial charge in [-0.25, -0.2) is 0 Å². The highest BCUT2D eigenvalue weighted by Crippen LogP contribution is 2.43. The van der Waals surface area contributed by atoms with Gasteiger partial charge in [-0.2, -0.15) is 0 Å². The molecule has 0 aromatic heterocycles. The number of rotatable bonds is 5. The van der Waals surface area contributed by atoms with Gasteiger partial charge in [0.2, 0.25) is 0 Å². The second-order valence-corrected chi connectivity index (χ2v) is 6.86. The fraction of sp³-hybridized carbons (Fsp3) is 1.00. The van der Waals surface area contributed by atoms with Crippen molar-refractivity contribution in [3.8, 4) is 0 Å². The van der Waals surface area contributed by atoms with Crippen molar-refractivity contribution in [2.24, 2.45) is 11.8 Å². The number of hydrogen-bond acceptors (Lipinski definition) is 4. The summed E-state index contributed by atoms with van der Waals surface area (Å²) in [5.41, 5.74) is 2.98. The Kier molecular flexibility index (Phi) is 5.46. The first-order chi connectivity index (χ1) is 9.59. The lowest BCUT2D eigenvalue weighted by Crippen LogP contribution is -2.59. The lowest BCUT2D eigenvalue weighted by atomic mass is 9.71. The summed E-state index contributed by atoms with van der Waals surface area (Å²) in [4.78, 5) is 0. The van der Waals surface area contributed by atoms with E-state index in [2.05, 4.69) is 19.3 Å². The minimum atomic E-state index is -0.202. The number of nitrogens with one attached hydrogen (secondary N) is 1. The molecule has 1 saturated heterocycles. The van der Waals surface area contributed by atoms with Gasteiger partial charge >= 0.3 is 0 Å². The fourth-order valence-corrected chi connectivity index (χ4v) is 4.20. The van der Waals surface area contributed by atoms with Crippen LogP contribution in [0, 0.1) is 5.92 Å². The Balaban J connectivity index is 2.09. The van der Waals surface area contributed by atoms with E-state index in [1.807, 2.05) is 0 Å². The molecule has 3 unspecified atom stereocenters. The minimum absolute atomic E-state index is 0.124. The van der Waals surface area contributed by atoms with Gasteiger partial charge < -0.3 is 9.47 Å². The highest BCUT2D eigenvalue weighted by Gasteiger charge is 2.45. The summed E-state index contributed by atoms with van der Waals surface area (Å²) in [6, 6.07) is 0.195. The molecule has 118 valence electrons. The lowest BCUT2D eigenvalue weighted by Gasteiger charge is -2.48. The van der Waals surface area contributed by atoms with Crippen LogP contribution < -0.4 is 11.3 Å². The van der Waals surface area contributed by atoms with Crippen LogP contribution >= 0.6 is 0 Å². The second-order valence-electron chi connectivity index (χ2n) is 6.86. The first kappa shape index (κ1) is 16.2. The molecule has 2 aliphatic rings. The van der Waals surface area contributed by atoms with Gasteiger partial charge in [0.25, 0.3) is 0 Å². The number of nitrogens with two attached hydrogens (primary N) is 1. The molecular weight excluding hydrogens is 252 g/mol. The third-order valence-corrected chi connectivity index (χ3v) is 5.77. The molecule has 1 saturated carbocycles. The van der Waals surface area contributed by atoms with Crippen molar-refractivity contribution >= 4 is 0 Å².